The number of nitrogens with two attached hydrogens (primary N) is 1. The van der Waals surface area contributed by atoms with Gasteiger partial charge in [0.1, 0.15) is 5.82 Å². The van der Waals surface area contributed by atoms with Crippen LogP contribution >= 0.6 is 0 Å². The van der Waals surface area contributed by atoms with Crippen molar-refractivity contribution in [3.8, 4) is 11.4 Å². The summed E-state index contributed by atoms with van der Waals surface area (Å²) in [6.45, 7) is 4.40. The minimum absolute atomic E-state index is 0.264. The van der Waals surface area contributed by atoms with Crippen molar-refractivity contribution in [1.29, 1.82) is 0 Å². The number of hydrogen-bond acceptors (Lipinski definition) is 3. The van der Waals surface area contributed by atoms with E-state index in [4.69, 9.17) is 5.73 Å². The Morgan fingerprint density at radius 2 is 1.83 bits per heavy atom. The van der Waals surface area contributed by atoms with Crippen LogP contribution in [0.1, 0.15) is 23.9 Å². The molecule has 0 saturated carbocycles. The lowest BCUT2D eigenvalue weighted by molar-refractivity contribution is 0.628. The van der Waals surface area contributed by atoms with Crippen LogP contribution < -0.4 is 5.73 Å². The molecule has 0 aliphatic carbocycles. The predicted octanol–water partition coefficient (Wildman–Crippen LogP) is 2.61. The second kappa shape index (κ2) is 5.23. The fraction of sp³-hybridized carbons (Fsp3) is 0.286. The molecular formula is C14H16FN3. The largest absolute Gasteiger partial charge is 0.325 e. The monoisotopic (exact) mass is 245 g/mol. The number of nitrogens with zero attached hydrogens (tertiary/aromatic N) is 2. The van der Waals surface area contributed by atoms with Crippen molar-refractivity contribution in [3.63, 3.8) is 0 Å². The highest BCUT2D eigenvalue weighted by molar-refractivity contribution is 5.55. The van der Waals surface area contributed by atoms with Crippen LogP contribution in [0.15, 0.2) is 24.3 Å². The average Bonchev–Trinajstić information content (AvgIpc) is 2.38. The van der Waals surface area contributed by atoms with Gasteiger partial charge in [-0.05, 0) is 43.2 Å². The van der Waals surface area contributed by atoms with Gasteiger partial charge >= 0.3 is 0 Å². The molecule has 0 fully saturated rings. The summed E-state index contributed by atoms with van der Waals surface area (Å²) in [7, 11) is 0. The Bertz CT molecular complexity index is 550. The van der Waals surface area contributed by atoms with Crippen molar-refractivity contribution in [2.75, 3.05) is 0 Å². The molecule has 0 spiro atoms. The van der Waals surface area contributed by atoms with Gasteiger partial charge in [0.25, 0.3) is 0 Å². The Labute approximate surface area is 106 Å². The van der Waals surface area contributed by atoms with E-state index in [1.807, 2.05) is 6.92 Å². The molecule has 1 heterocycles. The summed E-state index contributed by atoms with van der Waals surface area (Å²) in [4.78, 5) is 8.93. The van der Waals surface area contributed by atoms with Crippen molar-refractivity contribution >= 4 is 0 Å². The van der Waals surface area contributed by atoms with Crippen LogP contribution in [0.2, 0.25) is 0 Å². The van der Waals surface area contributed by atoms with Crippen LogP contribution in [0, 0.1) is 12.7 Å². The molecule has 94 valence electrons. The van der Waals surface area contributed by atoms with E-state index in [1.54, 1.807) is 12.1 Å². The van der Waals surface area contributed by atoms with Gasteiger partial charge in [0.05, 0.1) is 5.69 Å². The van der Waals surface area contributed by atoms with Crippen molar-refractivity contribution < 1.29 is 4.39 Å². The molecule has 0 amide bonds. The number of rotatable bonds is 3. The van der Waals surface area contributed by atoms with Crippen LogP contribution in [-0.2, 0) is 13.0 Å². The molecule has 1 aromatic carbocycles. The quantitative estimate of drug-likeness (QED) is 0.904. The Hall–Kier alpha value is -1.81. The standard InChI is InChI=1S/C14H16FN3/c1-3-12-9(2)17-14(18-13(12)8-16)10-4-6-11(15)7-5-10/h4-7H,3,8,16H2,1-2H3. The van der Waals surface area contributed by atoms with E-state index >= 15 is 0 Å². The molecule has 2 aromatic rings. The highest BCUT2D eigenvalue weighted by Crippen LogP contribution is 2.19. The maximum atomic E-state index is 12.9. The smallest absolute Gasteiger partial charge is 0.159 e. The van der Waals surface area contributed by atoms with Crippen LogP contribution in [-0.4, -0.2) is 9.97 Å². The molecule has 0 atom stereocenters. The zero-order valence-electron chi connectivity index (χ0n) is 10.6. The van der Waals surface area contributed by atoms with Gasteiger partial charge in [0, 0.05) is 17.8 Å². The normalized spacial score (nSPS) is 10.7. The van der Waals surface area contributed by atoms with Crippen LogP contribution in [0.5, 0.6) is 0 Å². The summed E-state index contributed by atoms with van der Waals surface area (Å²) >= 11 is 0. The molecule has 0 bridgehead atoms. The molecule has 3 nitrogen and oxygen atoms in total. The molecule has 0 unspecified atom stereocenters. The summed E-state index contributed by atoms with van der Waals surface area (Å²) < 4.78 is 12.9. The van der Waals surface area contributed by atoms with E-state index in [2.05, 4.69) is 16.9 Å². The first-order chi connectivity index (χ1) is 8.65. The number of halogens is 1. The van der Waals surface area contributed by atoms with Crippen molar-refractivity contribution in [3.05, 3.63) is 47.0 Å². The van der Waals surface area contributed by atoms with Crippen LogP contribution in [0.25, 0.3) is 11.4 Å². The molecule has 0 saturated heterocycles. The summed E-state index contributed by atoms with van der Waals surface area (Å²) in [5.41, 5.74) is 9.42. The highest BCUT2D eigenvalue weighted by atomic mass is 19.1. The Morgan fingerprint density at radius 3 is 2.39 bits per heavy atom. The first-order valence-corrected chi connectivity index (χ1v) is 5.98. The minimum atomic E-state index is -0.264. The second-order valence-electron chi connectivity index (χ2n) is 4.12. The predicted molar refractivity (Wildman–Crippen MR) is 69.4 cm³/mol. The van der Waals surface area contributed by atoms with Crippen LogP contribution in [0.3, 0.4) is 0 Å². The SMILES string of the molecule is CCc1c(C)nc(-c2ccc(F)cc2)nc1CN. The zero-order chi connectivity index (χ0) is 13.1. The van der Waals surface area contributed by atoms with Gasteiger partial charge in [-0.3, -0.25) is 0 Å². The summed E-state index contributed by atoms with van der Waals surface area (Å²) in [5, 5.41) is 0. The first kappa shape index (κ1) is 12.6. The Balaban J connectivity index is 2.52. The van der Waals surface area contributed by atoms with Gasteiger partial charge in [-0.2, -0.15) is 0 Å². The molecule has 0 aliphatic rings. The molecule has 2 rings (SSSR count). The third-order valence-electron chi connectivity index (χ3n) is 2.95. The minimum Gasteiger partial charge on any atom is -0.325 e. The summed E-state index contributed by atoms with van der Waals surface area (Å²) in [6.07, 6.45) is 0.863. The zero-order valence-corrected chi connectivity index (χ0v) is 10.6. The van der Waals surface area contributed by atoms with E-state index in [1.165, 1.54) is 12.1 Å². The van der Waals surface area contributed by atoms with Gasteiger partial charge < -0.3 is 5.73 Å². The molecule has 4 heteroatoms. The van der Waals surface area contributed by atoms with Gasteiger partial charge in [0.15, 0.2) is 5.82 Å². The van der Waals surface area contributed by atoms with Gasteiger partial charge in [-0.1, -0.05) is 6.92 Å². The molecular weight excluding hydrogens is 229 g/mol. The lowest BCUT2D eigenvalue weighted by Crippen LogP contribution is -2.09. The maximum Gasteiger partial charge on any atom is 0.159 e. The number of aryl methyl sites for hydroxylation is 1. The third-order valence-corrected chi connectivity index (χ3v) is 2.95. The Kier molecular flexibility index (Phi) is 3.67. The molecule has 18 heavy (non-hydrogen) atoms. The summed E-state index contributed by atoms with van der Waals surface area (Å²) in [5.74, 6) is 0.338. The van der Waals surface area contributed by atoms with E-state index in [-0.39, 0.29) is 5.82 Å². The molecule has 2 N–H and O–H groups in total. The van der Waals surface area contributed by atoms with Gasteiger partial charge in [-0.15, -0.1) is 0 Å². The lowest BCUT2D eigenvalue weighted by atomic mass is 10.1. The molecule has 0 aliphatic heterocycles. The van der Waals surface area contributed by atoms with Crippen LogP contribution in [0.4, 0.5) is 4.39 Å². The number of hydrogen-bond donors (Lipinski definition) is 1. The van der Waals surface area contributed by atoms with E-state index in [0.29, 0.717) is 12.4 Å². The van der Waals surface area contributed by atoms with E-state index in [0.717, 1.165) is 28.9 Å². The second-order valence-corrected chi connectivity index (χ2v) is 4.12. The third kappa shape index (κ3) is 2.38. The van der Waals surface area contributed by atoms with E-state index < -0.39 is 0 Å². The lowest BCUT2D eigenvalue weighted by Gasteiger charge is -2.10. The van der Waals surface area contributed by atoms with Crippen molar-refractivity contribution in [1.82, 2.24) is 9.97 Å². The molecule has 0 radical (unpaired) electrons. The first-order valence-electron chi connectivity index (χ1n) is 5.98. The van der Waals surface area contributed by atoms with Gasteiger partial charge in [0.2, 0.25) is 0 Å². The highest BCUT2D eigenvalue weighted by Gasteiger charge is 2.10. The van der Waals surface area contributed by atoms with Gasteiger partial charge in [-0.25, -0.2) is 14.4 Å². The fourth-order valence-electron chi connectivity index (χ4n) is 2.01. The number of benzene rings is 1. The van der Waals surface area contributed by atoms with Crippen molar-refractivity contribution in [2.24, 2.45) is 5.73 Å². The summed E-state index contributed by atoms with van der Waals surface area (Å²) in [6, 6.07) is 6.17. The topological polar surface area (TPSA) is 51.8 Å². The van der Waals surface area contributed by atoms with Crippen molar-refractivity contribution in [2.45, 2.75) is 26.8 Å². The fourth-order valence-corrected chi connectivity index (χ4v) is 2.01. The average molecular weight is 245 g/mol. The number of aromatic nitrogens is 2. The van der Waals surface area contributed by atoms with E-state index in [9.17, 15) is 4.39 Å². The maximum absolute atomic E-state index is 12.9. The molecule has 1 aromatic heterocycles. The Morgan fingerprint density at radius 1 is 1.17 bits per heavy atom.